The lowest BCUT2D eigenvalue weighted by molar-refractivity contribution is 0.0880. The average molecular weight is 268 g/mol. The molecule has 1 heterocycles. The third-order valence-corrected chi connectivity index (χ3v) is 4.16. The molecule has 2 amide bonds. The van der Waals surface area contributed by atoms with Crippen molar-refractivity contribution in [1.82, 2.24) is 10.6 Å². The van der Waals surface area contributed by atoms with E-state index in [2.05, 4.69) is 38.3 Å². The summed E-state index contributed by atoms with van der Waals surface area (Å²) in [7, 11) is 0. The minimum absolute atomic E-state index is 0.0333. The van der Waals surface area contributed by atoms with Crippen LogP contribution in [0.3, 0.4) is 0 Å². The highest BCUT2D eigenvalue weighted by molar-refractivity contribution is 5.74. The summed E-state index contributed by atoms with van der Waals surface area (Å²) in [6.45, 7) is 10.6. The van der Waals surface area contributed by atoms with E-state index in [1.165, 1.54) is 6.42 Å². The van der Waals surface area contributed by atoms with Gasteiger partial charge in [0.05, 0.1) is 12.6 Å². The van der Waals surface area contributed by atoms with E-state index in [-0.39, 0.29) is 18.1 Å². The normalized spacial score (nSPS) is 30.0. The van der Waals surface area contributed by atoms with Crippen LogP contribution in [-0.4, -0.2) is 31.3 Å². The van der Waals surface area contributed by atoms with Crippen molar-refractivity contribution in [2.75, 3.05) is 13.2 Å². The maximum Gasteiger partial charge on any atom is 0.315 e. The molecule has 2 rings (SSSR count). The minimum Gasteiger partial charge on any atom is -0.379 e. The quantitative estimate of drug-likeness (QED) is 0.809. The van der Waals surface area contributed by atoms with E-state index in [1.54, 1.807) is 0 Å². The first-order chi connectivity index (χ1) is 8.76. The van der Waals surface area contributed by atoms with E-state index < -0.39 is 0 Å². The largest absolute Gasteiger partial charge is 0.379 e. The number of urea groups is 1. The van der Waals surface area contributed by atoms with E-state index in [4.69, 9.17) is 4.74 Å². The Morgan fingerprint density at radius 1 is 1.05 bits per heavy atom. The summed E-state index contributed by atoms with van der Waals surface area (Å²) in [5.74, 6) is 0. The first kappa shape index (κ1) is 14.6. The summed E-state index contributed by atoms with van der Waals surface area (Å²) >= 11 is 0. The van der Waals surface area contributed by atoms with Gasteiger partial charge in [0, 0.05) is 12.6 Å². The maximum absolute atomic E-state index is 12.0. The third kappa shape index (κ3) is 4.37. The molecule has 110 valence electrons. The molecule has 1 saturated carbocycles. The predicted octanol–water partition coefficient (Wildman–Crippen LogP) is 2.68. The molecule has 0 aromatic rings. The molecule has 0 aromatic carbocycles. The molecule has 1 saturated heterocycles. The van der Waals surface area contributed by atoms with Crippen LogP contribution in [0.4, 0.5) is 4.79 Å². The molecule has 0 bridgehead atoms. The van der Waals surface area contributed by atoms with Gasteiger partial charge in [-0.3, -0.25) is 0 Å². The van der Waals surface area contributed by atoms with Crippen molar-refractivity contribution in [1.29, 1.82) is 0 Å². The van der Waals surface area contributed by atoms with Gasteiger partial charge in [0.1, 0.15) is 0 Å². The molecule has 4 heteroatoms. The maximum atomic E-state index is 12.0. The van der Waals surface area contributed by atoms with E-state index in [0.717, 1.165) is 25.9 Å². The smallest absolute Gasteiger partial charge is 0.315 e. The van der Waals surface area contributed by atoms with E-state index in [0.29, 0.717) is 17.4 Å². The Labute approximate surface area is 116 Å². The van der Waals surface area contributed by atoms with Crippen molar-refractivity contribution in [2.45, 2.75) is 65.5 Å². The first-order valence-corrected chi connectivity index (χ1v) is 7.41. The number of rotatable bonds is 2. The van der Waals surface area contributed by atoms with Crippen LogP contribution in [0.2, 0.25) is 0 Å². The molecule has 2 aliphatic rings. The van der Waals surface area contributed by atoms with Crippen molar-refractivity contribution in [3.05, 3.63) is 0 Å². The number of nitrogens with one attached hydrogen (secondary N) is 2. The van der Waals surface area contributed by atoms with Crippen molar-refractivity contribution in [3.8, 4) is 0 Å². The lowest BCUT2D eigenvalue weighted by Crippen LogP contribution is -2.51. The fraction of sp³-hybridized carbons (Fsp3) is 0.933. The third-order valence-electron chi connectivity index (χ3n) is 4.16. The highest BCUT2D eigenvalue weighted by Gasteiger charge is 2.39. The summed E-state index contributed by atoms with van der Waals surface area (Å²) in [5, 5.41) is 6.16. The van der Waals surface area contributed by atoms with Gasteiger partial charge in [-0.15, -0.1) is 0 Å². The molecule has 1 atom stereocenters. The Kier molecular flexibility index (Phi) is 4.09. The summed E-state index contributed by atoms with van der Waals surface area (Å²) in [6.07, 6.45) is 4.27. The first-order valence-electron chi connectivity index (χ1n) is 7.41. The van der Waals surface area contributed by atoms with Gasteiger partial charge in [0.2, 0.25) is 0 Å². The zero-order valence-electron chi connectivity index (χ0n) is 12.7. The summed E-state index contributed by atoms with van der Waals surface area (Å²) in [6, 6.07) is 0.430. The van der Waals surface area contributed by atoms with Crippen LogP contribution in [0.1, 0.15) is 53.4 Å². The monoisotopic (exact) mass is 268 g/mol. The van der Waals surface area contributed by atoms with Gasteiger partial charge in [0.25, 0.3) is 0 Å². The van der Waals surface area contributed by atoms with Gasteiger partial charge < -0.3 is 15.4 Å². The van der Waals surface area contributed by atoms with Gasteiger partial charge in [-0.1, -0.05) is 27.7 Å². The fourth-order valence-corrected chi connectivity index (χ4v) is 4.01. The Balaban J connectivity index is 1.85. The predicted molar refractivity (Wildman–Crippen MR) is 76.1 cm³/mol. The average Bonchev–Trinajstić information content (AvgIpc) is 2.63. The van der Waals surface area contributed by atoms with Gasteiger partial charge in [-0.25, -0.2) is 4.79 Å². The number of amides is 2. The SMILES string of the molecule is CC1(C)CC(NC(=O)NC2CCOC2)CC(C)(C)C1. The number of ether oxygens (including phenoxy) is 1. The fourth-order valence-electron chi connectivity index (χ4n) is 4.01. The second-order valence-corrected chi connectivity index (χ2v) is 7.79. The van der Waals surface area contributed by atoms with Crippen LogP contribution in [0, 0.1) is 10.8 Å². The zero-order valence-corrected chi connectivity index (χ0v) is 12.7. The molecular weight excluding hydrogens is 240 g/mol. The standard InChI is InChI=1S/C15H28N2O2/c1-14(2)7-12(8-15(3,4)10-14)17-13(18)16-11-5-6-19-9-11/h11-12H,5-10H2,1-4H3,(H2,16,17,18). The van der Waals surface area contributed by atoms with Gasteiger partial charge >= 0.3 is 6.03 Å². The highest BCUT2D eigenvalue weighted by atomic mass is 16.5. The van der Waals surface area contributed by atoms with Crippen LogP contribution in [-0.2, 0) is 4.74 Å². The second kappa shape index (κ2) is 5.31. The van der Waals surface area contributed by atoms with Gasteiger partial charge in [-0.05, 0) is 36.5 Å². The second-order valence-electron chi connectivity index (χ2n) is 7.79. The molecule has 19 heavy (non-hydrogen) atoms. The van der Waals surface area contributed by atoms with E-state index >= 15 is 0 Å². The molecular formula is C15H28N2O2. The molecule has 2 fully saturated rings. The van der Waals surface area contributed by atoms with Crippen molar-refractivity contribution in [2.24, 2.45) is 10.8 Å². The molecule has 0 aromatic heterocycles. The summed E-state index contributed by atoms with van der Waals surface area (Å²) < 4.78 is 5.27. The van der Waals surface area contributed by atoms with E-state index in [1.807, 2.05) is 0 Å². The van der Waals surface area contributed by atoms with Crippen LogP contribution in [0.25, 0.3) is 0 Å². The lowest BCUT2D eigenvalue weighted by Gasteiger charge is -2.45. The van der Waals surface area contributed by atoms with Crippen molar-refractivity contribution in [3.63, 3.8) is 0 Å². The molecule has 1 aliphatic carbocycles. The number of carbonyl (C=O) groups excluding carboxylic acids is 1. The summed E-state index contributed by atoms with van der Waals surface area (Å²) in [5.41, 5.74) is 0.604. The van der Waals surface area contributed by atoms with Crippen molar-refractivity contribution < 1.29 is 9.53 Å². The number of hydrogen-bond acceptors (Lipinski definition) is 2. The zero-order chi connectivity index (χ0) is 14.1. The molecule has 1 unspecified atom stereocenters. The van der Waals surface area contributed by atoms with Crippen LogP contribution in [0.15, 0.2) is 0 Å². The molecule has 4 nitrogen and oxygen atoms in total. The Hall–Kier alpha value is -0.770. The number of hydrogen-bond donors (Lipinski definition) is 2. The topological polar surface area (TPSA) is 50.4 Å². The Morgan fingerprint density at radius 2 is 1.63 bits per heavy atom. The summed E-state index contributed by atoms with van der Waals surface area (Å²) in [4.78, 5) is 12.0. The van der Waals surface area contributed by atoms with Crippen LogP contribution < -0.4 is 10.6 Å². The van der Waals surface area contributed by atoms with Crippen LogP contribution >= 0.6 is 0 Å². The van der Waals surface area contributed by atoms with Gasteiger partial charge in [0.15, 0.2) is 0 Å². The van der Waals surface area contributed by atoms with Crippen molar-refractivity contribution >= 4 is 6.03 Å². The molecule has 0 spiro atoms. The Bertz CT molecular complexity index is 317. The van der Waals surface area contributed by atoms with Crippen LogP contribution in [0.5, 0.6) is 0 Å². The number of carbonyl (C=O) groups is 1. The highest BCUT2D eigenvalue weighted by Crippen LogP contribution is 2.45. The molecule has 1 aliphatic heterocycles. The minimum atomic E-state index is -0.0333. The molecule has 2 N–H and O–H groups in total. The lowest BCUT2D eigenvalue weighted by atomic mass is 9.63. The van der Waals surface area contributed by atoms with E-state index in [9.17, 15) is 4.79 Å². The molecule has 0 radical (unpaired) electrons. The van der Waals surface area contributed by atoms with Gasteiger partial charge in [-0.2, -0.15) is 0 Å². The Morgan fingerprint density at radius 3 is 2.16 bits per heavy atom.